The van der Waals surface area contributed by atoms with Crippen molar-refractivity contribution in [2.75, 3.05) is 13.7 Å². The van der Waals surface area contributed by atoms with E-state index >= 15 is 0 Å². The van der Waals surface area contributed by atoms with Gasteiger partial charge < -0.3 is 14.7 Å². The molecule has 0 amide bonds. The normalized spacial score (nSPS) is 13.6. The molecule has 0 aromatic heterocycles. The third-order valence-electron chi connectivity index (χ3n) is 2.16. The Balaban J connectivity index is 2.64. The molecule has 0 saturated heterocycles. The highest BCUT2D eigenvalue weighted by atomic mass is 16.5. The van der Waals surface area contributed by atoms with Crippen LogP contribution in [0.2, 0.25) is 0 Å². The third-order valence-corrected chi connectivity index (χ3v) is 2.16. The van der Waals surface area contributed by atoms with Gasteiger partial charge in [0.15, 0.2) is 0 Å². The molecule has 1 atom stereocenters. The van der Waals surface area contributed by atoms with Gasteiger partial charge in [-0.2, -0.15) is 0 Å². The van der Waals surface area contributed by atoms with E-state index in [1.807, 2.05) is 31.2 Å². The molecule has 0 radical (unpaired) electrons. The molecule has 4 heteroatoms. The molecule has 0 spiro atoms. The number of benzene rings is 1. The summed E-state index contributed by atoms with van der Waals surface area (Å²) in [6, 6.07) is 7.39. The molecule has 1 aromatic carbocycles. The summed E-state index contributed by atoms with van der Waals surface area (Å²) in [6.07, 6.45) is 0.0171. The molecular weight excluding hydrogens is 206 g/mol. The summed E-state index contributed by atoms with van der Waals surface area (Å²) in [5.41, 5.74) is 1.45. The van der Waals surface area contributed by atoms with E-state index in [1.54, 1.807) is 14.0 Å². The minimum atomic E-state index is 0.0171. The molecule has 0 aliphatic rings. The Morgan fingerprint density at radius 3 is 2.50 bits per heavy atom. The lowest BCUT2D eigenvalue weighted by atomic mass is 10.1. The minimum Gasteiger partial charge on any atom is -0.488 e. The van der Waals surface area contributed by atoms with E-state index in [4.69, 9.17) is 14.7 Å². The van der Waals surface area contributed by atoms with Crippen LogP contribution in [0.5, 0.6) is 5.75 Å². The average molecular weight is 223 g/mol. The van der Waals surface area contributed by atoms with Crippen molar-refractivity contribution in [1.29, 1.82) is 0 Å². The van der Waals surface area contributed by atoms with Gasteiger partial charge in [-0.3, -0.25) is 0 Å². The molecule has 4 nitrogen and oxygen atoms in total. The van der Waals surface area contributed by atoms with Gasteiger partial charge in [0.05, 0.1) is 12.3 Å². The SMILES string of the molecule is COCC(C)Oc1ccc(C(C)=NO)cc1. The Bertz CT molecular complexity index is 346. The second-order valence-corrected chi connectivity index (χ2v) is 3.59. The number of methoxy groups -OCH3 is 1. The Morgan fingerprint density at radius 1 is 1.38 bits per heavy atom. The summed E-state index contributed by atoms with van der Waals surface area (Å²) < 4.78 is 10.6. The fourth-order valence-electron chi connectivity index (χ4n) is 1.33. The van der Waals surface area contributed by atoms with Gasteiger partial charge in [-0.25, -0.2) is 0 Å². The molecule has 0 bridgehead atoms. The summed E-state index contributed by atoms with van der Waals surface area (Å²) in [5.74, 6) is 0.777. The van der Waals surface area contributed by atoms with Gasteiger partial charge in [-0.1, -0.05) is 5.16 Å². The molecule has 1 rings (SSSR count). The van der Waals surface area contributed by atoms with E-state index in [0.29, 0.717) is 12.3 Å². The predicted molar refractivity (Wildman–Crippen MR) is 62.4 cm³/mol. The van der Waals surface area contributed by atoms with Crippen molar-refractivity contribution in [3.8, 4) is 5.75 Å². The van der Waals surface area contributed by atoms with Crippen molar-refractivity contribution < 1.29 is 14.7 Å². The Labute approximate surface area is 95.5 Å². The van der Waals surface area contributed by atoms with Crippen molar-refractivity contribution in [2.45, 2.75) is 20.0 Å². The third kappa shape index (κ3) is 3.55. The molecule has 16 heavy (non-hydrogen) atoms. The zero-order valence-corrected chi connectivity index (χ0v) is 9.80. The highest BCUT2D eigenvalue weighted by molar-refractivity contribution is 5.98. The number of rotatable bonds is 5. The molecule has 88 valence electrons. The Morgan fingerprint density at radius 2 is 2.00 bits per heavy atom. The Hall–Kier alpha value is -1.55. The van der Waals surface area contributed by atoms with E-state index in [1.165, 1.54) is 0 Å². The maximum atomic E-state index is 8.61. The van der Waals surface area contributed by atoms with Gasteiger partial charge in [-0.05, 0) is 43.7 Å². The van der Waals surface area contributed by atoms with Crippen LogP contribution in [0.1, 0.15) is 19.4 Å². The first-order chi connectivity index (χ1) is 7.67. The van der Waals surface area contributed by atoms with Crippen LogP contribution in [0.15, 0.2) is 29.4 Å². The van der Waals surface area contributed by atoms with Gasteiger partial charge >= 0.3 is 0 Å². The summed E-state index contributed by atoms with van der Waals surface area (Å²) in [5, 5.41) is 11.7. The lowest BCUT2D eigenvalue weighted by Gasteiger charge is -2.13. The van der Waals surface area contributed by atoms with Gasteiger partial charge in [-0.15, -0.1) is 0 Å². The predicted octanol–water partition coefficient (Wildman–Crippen LogP) is 2.30. The number of hydrogen-bond acceptors (Lipinski definition) is 4. The maximum Gasteiger partial charge on any atom is 0.119 e. The fraction of sp³-hybridized carbons (Fsp3) is 0.417. The zero-order valence-electron chi connectivity index (χ0n) is 9.80. The summed E-state index contributed by atoms with van der Waals surface area (Å²) in [6.45, 7) is 4.24. The molecule has 0 fully saturated rings. The smallest absolute Gasteiger partial charge is 0.119 e. The number of nitrogens with zero attached hydrogens (tertiary/aromatic N) is 1. The van der Waals surface area contributed by atoms with E-state index in [0.717, 1.165) is 11.3 Å². The van der Waals surface area contributed by atoms with Crippen molar-refractivity contribution in [1.82, 2.24) is 0 Å². The monoisotopic (exact) mass is 223 g/mol. The molecule has 0 aliphatic carbocycles. The van der Waals surface area contributed by atoms with Crippen LogP contribution in [0.4, 0.5) is 0 Å². The van der Waals surface area contributed by atoms with Crippen molar-refractivity contribution in [3.05, 3.63) is 29.8 Å². The highest BCUT2D eigenvalue weighted by Gasteiger charge is 2.04. The number of hydrogen-bond donors (Lipinski definition) is 1. The first kappa shape index (κ1) is 12.5. The van der Waals surface area contributed by atoms with Crippen molar-refractivity contribution in [3.63, 3.8) is 0 Å². The Kier molecular flexibility index (Phi) is 4.79. The second-order valence-electron chi connectivity index (χ2n) is 3.59. The van der Waals surface area contributed by atoms with Crippen LogP contribution in [-0.4, -0.2) is 30.7 Å². The standard InChI is InChI=1S/C12H17NO3/c1-9(8-15-3)16-12-6-4-11(5-7-12)10(2)13-14/h4-7,9,14H,8H2,1-3H3. The fourth-order valence-corrected chi connectivity index (χ4v) is 1.33. The molecular formula is C12H17NO3. The van der Waals surface area contributed by atoms with Crippen LogP contribution in [0.25, 0.3) is 0 Å². The van der Waals surface area contributed by atoms with E-state index in [9.17, 15) is 0 Å². The lowest BCUT2D eigenvalue weighted by Crippen LogP contribution is -2.17. The van der Waals surface area contributed by atoms with Gasteiger partial charge in [0.1, 0.15) is 11.9 Å². The minimum absolute atomic E-state index is 0.0171. The zero-order chi connectivity index (χ0) is 12.0. The summed E-state index contributed by atoms with van der Waals surface area (Å²) in [4.78, 5) is 0. The topological polar surface area (TPSA) is 51.0 Å². The first-order valence-corrected chi connectivity index (χ1v) is 5.12. The molecule has 1 N–H and O–H groups in total. The van der Waals surface area contributed by atoms with E-state index in [-0.39, 0.29) is 6.10 Å². The lowest BCUT2D eigenvalue weighted by molar-refractivity contribution is 0.0921. The van der Waals surface area contributed by atoms with Gasteiger partial charge in [0.25, 0.3) is 0 Å². The molecule has 0 saturated carbocycles. The summed E-state index contributed by atoms with van der Waals surface area (Å²) in [7, 11) is 1.64. The van der Waals surface area contributed by atoms with Crippen molar-refractivity contribution in [2.24, 2.45) is 5.16 Å². The van der Waals surface area contributed by atoms with Crippen LogP contribution in [0.3, 0.4) is 0 Å². The second kappa shape index (κ2) is 6.12. The van der Waals surface area contributed by atoms with E-state index < -0.39 is 0 Å². The van der Waals surface area contributed by atoms with E-state index in [2.05, 4.69) is 5.16 Å². The molecule has 1 unspecified atom stereocenters. The number of oxime groups is 1. The van der Waals surface area contributed by atoms with Crippen LogP contribution in [0, 0.1) is 0 Å². The largest absolute Gasteiger partial charge is 0.488 e. The van der Waals surface area contributed by atoms with Gasteiger partial charge in [0, 0.05) is 7.11 Å². The highest BCUT2D eigenvalue weighted by Crippen LogP contribution is 2.14. The van der Waals surface area contributed by atoms with Crippen LogP contribution >= 0.6 is 0 Å². The molecule has 0 aliphatic heterocycles. The number of ether oxygens (including phenoxy) is 2. The molecule has 0 heterocycles. The summed E-state index contributed by atoms with van der Waals surface area (Å²) >= 11 is 0. The van der Waals surface area contributed by atoms with Crippen LogP contribution < -0.4 is 4.74 Å². The quantitative estimate of drug-likeness (QED) is 0.473. The average Bonchev–Trinajstić information content (AvgIpc) is 2.29. The maximum absolute atomic E-state index is 8.61. The van der Waals surface area contributed by atoms with Crippen molar-refractivity contribution >= 4 is 5.71 Å². The van der Waals surface area contributed by atoms with Gasteiger partial charge in [0.2, 0.25) is 0 Å². The first-order valence-electron chi connectivity index (χ1n) is 5.12. The molecule has 1 aromatic rings. The van der Waals surface area contributed by atoms with Crippen LogP contribution in [-0.2, 0) is 4.74 Å².